The van der Waals surface area contributed by atoms with E-state index in [-0.39, 0.29) is 36.3 Å². The van der Waals surface area contributed by atoms with Crippen LogP contribution in [0.25, 0.3) is 0 Å². The van der Waals surface area contributed by atoms with Crippen LogP contribution in [0.5, 0.6) is 0 Å². The Balaban J connectivity index is 0. The van der Waals surface area contributed by atoms with Crippen molar-refractivity contribution >= 4 is 42.1 Å². The van der Waals surface area contributed by atoms with Gasteiger partial charge in [0.25, 0.3) is 0 Å². The number of nitrogens with one attached hydrogen (secondary N) is 1. The van der Waals surface area contributed by atoms with E-state index in [1.807, 2.05) is 19.2 Å². The lowest BCUT2D eigenvalue weighted by Gasteiger charge is -2.23. The van der Waals surface area contributed by atoms with E-state index in [1.54, 1.807) is 17.5 Å². The quantitative estimate of drug-likeness (QED) is 0.875. The summed E-state index contributed by atoms with van der Waals surface area (Å²) in [4.78, 5) is 15.7. The fraction of sp³-hybridized carbons (Fsp3) is 0.600. The van der Waals surface area contributed by atoms with Crippen molar-refractivity contribution < 1.29 is 4.79 Å². The average Bonchev–Trinajstić information content (AvgIpc) is 2.67. The van der Waals surface area contributed by atoms with E-state index in [1.165, 1.54) is 0 Å². The van der Waals surface area contributed by atoms with Crippen LogP contribution in [0.2, 0.25) is 0 Å². The van der Waals surface area contributed by atoms with Crippen molar-refractivity contribution in [1.29, 1.82) is 0 Å². The molecule has 7 heteroatoms. The van der Waals surface area contributed by atoms with Crippen LogP contribution in [0.15, 0.2) is 11.6 Å². The largest absolute Gasteiger partial charge is 0.345 e. The number of hydrogen-bond acceptors (Lipinski definition) is 4. The third-order valence-electron chi connectivity index (χ3n) is 2.03. The first-order chi connectivity index (χ1) is 7.06. The van der Waals surface area contributed by atoms with E-state index in [9.17, 15) is 4.79 Å². The molecule has 0 radical (unpaired) electrons. The maximum absolute atomic E-state index is 11.5. The maximum Gasteiger partial charge on any atom is 0.220 e. The number of halogens is 2. The van der Waals surface area contributed by atoms with Crippen LogP contribution in [-0.2, 0) is 10.3 Å². The number of rotatable bonds is 5. The van der Waals surface area contributed by atoms with E-state index in [0.717, 1.165) is 11.4 Å². The minimum Gasteiger partial charge on any atom is -0.345 e. The van der Waals surface area contributed by atoms with Gasteiger partial charge in [0.2, 0.25) is 5.91 Å². The number of carbonyl (C=O) groups excluding carboxylic acids is 1. The molecule has 0 aliphatic heterocycles. The van der Waals surface area contributed by atoms with Crippen molar-refractivity contribution in [2.45, 2.75) is 32.2 Å². The van der Waals surface area contributed by atoms with Crippen LogP contribution in [0.4, 0.5) is 0 Å². The number of hydrogen-bond donors (Lipinski definition) is 2. The van der Waals surface area contributed by atoms with Gasteiger partial charge in [0, 0.05) is 18.0 Å². The summed E-state index contributed by atoms with van der Waals surface area (Å²) in [6.45, 7) is 4.45. The minimum atomic E-state index is -0.389. The summed E-state index contributed by atoms with van der Waals surface area (Å²) in [7, 11) is 0. The molecule has 0 bridgehead atoms. The molecule has 0 aliphatic rings. The van der Waals surface area contributed by atoms with Crippen molar-refractivity contribution in [2.24, 2.45) is 5.73 Å². The van der Waals surface area contributed by atoms with Crippen LogP contribution in [0.3, 0.4) is 0 Å². The predicted molar refractivity (Wildman–Crippen MR) is 76.1 cm³/mol. The van der Waals surface area contributed by atoms with Crippen molar-refractivity contribution in [3.8, 4) is 0 Å². The van der Waals surface area contributed by atoms with Gasteiger partial charge in [-0.15, -0.1) is 36.2 Å². The summed E-state index contributed by atoms with van der Waals surface area (Å²) < 4.78 is 0. The molecule has 0 aromatic carbocycles. The Morgan fingerprint density at radius 2 is 2.18 bits per heavy atom. The Morgan fingerprint density at radius 1 is 1.53 bits per heavy atom. The Kier molecular flexibility index (Phi) is 9.71. The highest BCUT2D eigenvalue weighted by Gasteiger charge is 2.24. The summed E-state index contributed by atoms with van der Waals surface area (Å²) >= 11 is 1.55. The molecular weight excluding hydrogens is 281 g/mol. The topological polar surface area (TPSA) is 68.0 Å². The van der Waals surface area contributed by atoms with Gasteiger partial charge in [-0.2, -0.15) is 0 Å². The van der Waals surface area contributed by atoms with Gasteiger partial charge in [-0.3, -0.25) is 4.79 Å². The lowest BCUT2D eigenvalue weighted by Crippen LogP contribution is -2.40. The van der Waals surface area contributed by atoms with Gasteiger partial charge in [-0.05, 0) is 26.8 Å². The van der Waals surface area contributed by atoms with E-state index in [4.69, 9.17) is 5.73 Å². The molecule has 0 saturated heterocycles. The normalized spacial score (nSPS) is 10.1. The van der Waals surface area contributed by atoms with Crippen LogP contribution in [0.1, 0.15) is 31.7 Å². The minimum absolute atomic E-state index is 0. The molecule has 3 N–H and O–H groups in total. The lowest BCUT2D eigenvalue weighted by molar-refractivity contribution is -0.122. The number of thiazole rings is 1. The molecule has 0 atom stereocenters. The molecule has 1 aromatic rings. The first kappa shape index (κ1) is 19.0. The van der Waals surface area contributed by atoms with E-state index >= 15 is 0 Å². The second kappa shape index (κ2) is 8.69. The second-order valence-corrected chi connectivity index (χ2v) is 4.80. The Bertz CT molecular complexity index is 317. The Labute approximate surface area is 118 Å². The second-order valence-electron chi connectivity index (χ2n) is 3.90. The monoisotopic (exact) mass is 299 g/mol. The van der Waals surface area contributed by atoms with E-state index in [0.29, 0.717) is 13.0 Å². The fourth-order valence-electron chi connectivity index (χ4n) is 1.26. The fourth-order valence-corrected chi connectivity index (χ4v) is 1.98. The number of nitrogens with zero attached hydrogens (tertiary/aromatic N) is 1. The van der Waals surface area contributed by atoms with Gasteiger partial charge in [-0.25, -0.2) is 4.98 Å². The highest BCUT2D eigenvalue weighted by molar-refractivity contribution is 7.09. The van der Waals surface area contributed by atoms with Crippen LogP contribution in [-0.4, -0.2) is 17.4 Å². The molecule has 0 spiro atoms. The van der Waals surface area contributed by atoms with Crippen molar-refractivity contribution in [2.75, 3.05) is 6.54 Å². The first-order valence-electron chi connectivity index (χ1n) is 4.97. The van der Waals surface area contributed by atoms with Crippen LogP contribution >= 0.6 is 36.2 Å². The molecule has 0 aliphatic carbocycles. The summed E-state index contributed by atoms with van der Waals surface area (Å²) in [5.41, 5.74) is 4.96. The number of carbonyl (C=O) groups is 1. The third kappa shape index (κ3) is 6.21. The molecule has 1 aromatic heterocycles. The first-order valence-corrected chi connectivity index (χ1v) is 5.85. The Hall–Kier alpha value is -0.360. The van der Waals surface area contributed by atoms with Gasteiger partial charge < -0.3 is 11.1 Å². The zero-order valence-electron chi connectivity index (χ0n) is 9.93. The molecule has 17 heavy (non-hydrogen) atoms. The third-order valence-corrected chi connectivity index (χ3v) is 3.12. The summed E-state index contributed by atoms with van der Waals surface area (Å²) in [5.74, 6) is 0.0284. The zero-order valence-corrected chi connectivity index (χ0v) is 12.4. The summed E-state index contributed by atoms with van der Waals surface area (Å²) in [5, 5.41) is 5.77. The Morgan fingerprint density at radius 3 is 2.65 bits per heavy atom. The highest BCUT2D eigenvalue weighted by atomic mass is 35.5. The van der Waals surface area contributed by atoms with Crippen LogP contribution < -0.4 is 11.1 Å². The van der Waals surface area contributed by atoms with Gasteiger partial charge in [0.1, 0.15) is 5.01 Å². The predicted octanol–water partition coefficient (Wildman–Crippen LogP) is 2.08. The smallest absolute Gasteiger partial charge is 0.220 e. The zero-order chi connectivity index (χ0) is 11.3. The van der Waals surface area contributed by atoms with E-state index in [2.05, 4.69) is 10.3 Å². The molecule has 100 valence electrons. The molecule has 0 unspecified atom stereocenters. The number of aromatic nitrogens is 1. The van der Waals surface area contributed by atoms with Crippen LogP contribution in [0, 0.1) is 0 Å². The summed E-state index contributed by atoms with van der Waals surface area (Å²) in [6, 6.07) is 0. The molecule has 1 rings (SSSR count). The highest BCUT2D eigenvalue weighted by Crippen LogP contribution is 2.21. The molecule has 0 saturated carbocycles. The average molecular weight is 300 g/mol. The van der Waals surface area contributed by atoms with E-state index < -0.39 is 0 Å². The van der Waals surface area contributed by atoms with Gasteiger partial charge in [-0.1, -0.05) is 0 Å². The van der Waals surface area contributed by atoms with Gasteiger partial charge in [0.15, 0.2) is 0 Å². The summed E-state index contributed by atoms with van der Waals surface area (Å²) in [6.07, 6.45) is 2.94. The maximum atomic E-state index is 11.5. The van der Waals surface area contributed by atoms with Crippen molar-refractivity contribution in [3.63, 3.8) is 0 Å². The number of amides is 1. The van der Waals surface area contributed by atoms with Crippen molar-refractivity contribution in [3.05, 3.63) is 16.6 Å². The molecular formula is C10H19Cl2N3OS. The SMILES string of the molecule is CC(C)(NC(=O)CCCN)c1nccs1.Cl.Cl. The van der Waals surface area contributed by atoms with Gasteiger partial charge in [0.05, 0.1) is 5.54 Å². The molecule has 1 amide bonds. The van der Waals surface area contributed by atoms with Crippen molar-refractivity contribution in [1.82, 2.24) is 10.3 Å². The number of nitrogens with two attached hydrogens (primary N) is 1. The van der Waals surface area contributed by atoms with Gasteiger partial charge >= 0.3 is 0 Å². The molecule has 4 nitrogen and oxygen atoms in total. The lowest BCUT2D eigenvalue weighted by atomic mass is 10.1. The standard InChI is InChI=1S/C10H17N3OS.2ClH/c1-10(2,9-12-6-7-15-9)13-8(14)4-3-5-11;;/h6-7H,3-5,11H2,1-2H3,(H,13,14);2*1H. The molecule has 0 fully saturated rings. The molecule has 1 heterocycles.